The minimum absolute atomic E-state index is 0.0550. The Kier molecular flexibility index (Phi) is 3.98. The number of hydrogen-bond acceptors (Lipinski definition) is 2. The zero-order valence-corrected chi connectivity index (χ0v) is 11.8. The van der Waals surface area contributed by atoms with Crippen LogP contribution in [-0.2, 0) is 0 Å². The summed E-state index contributed by atoms with van der Waals surface area (Å²) in [6.45, 7) is 6.51. The summed E-state index contributed by atoms with van der Waals surface area (Å²) in [5, 5.41) is 9.13. The van der Waals surface area contributed by atoms with Crippen LogP contribution in [0.25, 0.3) is 0 Å². The summed E-state index contributed by atoms with van der Waals surface area (Å²) < 4.78 is 0.940. The van der Waals surface area contributed by atoms with Gasteiger partial charge in [-0.3, -0.25) is 0 Å². The molecule has 0 saturated heterocycles. The number of nitrogens with zero attached hydrogens (tertiary/aromatic N) is 2. The Bertz CT molecular complexity index is 418. The lowest BCUT2D eigenvalue weighted by Gasteiger charge is -2.37. The molecule has 0 aromatic heterocycles. The summed E-state index contributed by atoms with van der Waals surface area (Å²) in [7, 11) is 2.04. The van der Waals surface area contributed by atoms with E-state index < -0.39 is 0 Å². The molecule has 16 heavy (non-hydrogen) atoms. The highest BCUT2D eigenvalue weighted by atomic mass is 79.9. The van der Waals surface area contributed by atoms with Crippen LogP contribution in [0.4, 0.5) is 5.69 Å². The second-order valence-corrected chi connectivity index (χ2v) is 5.41. The van der Waals surface area contributed by atoms with E-state index in [1.807, 2.05) is 25.2 Å². The van der Waals surface area contributed by atoms with E-state index in [-0.39, 0.29) is 5.54 Å². The number of rotatable bonds is 3. The summed E-state index contributed by atoms with van der Waals surface area (Å²) in [5.41, 5.74) is 1.75. The molecular weight excluding hydrogens is 264 g/mol. The van der Waals surface area contributed by atoms with Crippen molar-refractivity contribution in [2.75, 3.05) is 11.9 Å². The molecule has 0 aliphatic rings. The monoisotopic (exact) mass is 280 g/mol. The maximum absolute atomic E-state index is 9.13. The van der Waals surface area contributed by atoms with Crippen molar-refractivity contribution in [1.82, 2.24) is 0 Å². The molecule has 86 valence electrons. The van der Waals surface area contributed by atoms with Gasteiger partial charge in [-0.15, -0.1) is 0 Å². The molecule has 0 amide bonds. The van der Waals surface area contributed by atoms with Crippen molar-refractivity contribution >= 4 is 21.6 Å². The van der Waals surface area contributed by atoms with Gasteiger partial charge in [-0.1, -0.05) is 22.9 Å². The molecule has 0 N–H and O–H groups in total. The van der Waals surface area contributed by atoms with Crippen LogP contribution in [0.5, 0.6) is 0 Å². The highest BCUT2D eigenvalue weighted by Gasteiger charge is 2.23. The molecule has 0 atom stereocenters. The molecule has 0 bridgehead atoms. The molecule has 0 radical (unpaired) electrons. The van der Waals surface area contributed by atoms with Gasteiger partial charge >= 0.3 is 0 Å². The maximum Gasteiger partial charge on any atom is 0.101 e. The minimum Gasteiger partial charge on any atom is -0.368 e. The Balaban J connectivity index is 3.19. The third kappa shape index (κ3) is 2.56. The molecule has 1 rings (SSSR count). The fraction of sp³-hybridized carbons (Fsp3) is 0.462. The van der Waals surface area contributed by atoms with E-state index in [2.05, 4.69) is 47.7 Å². The van der Waals surface area contributed by atoms with Gasteiger partial charge in [0.05, 0.1) is 11.3 Å². The van der Waals surface area contributed by atoms with Gasteiger partial charge in [0.15, 0.2) is 0 Å². The van der Waals surface area contributed by atoms with E-state index in [4.69, 9.17) is 5.26 Å². The Morgan fingerprint density at radius 2 is 2.06 bits per heavy atom. The van der Waals surface area contributed by atoms with Crippen LogP contribution in [0, 0.1) is 11.3 Å². The lowest BCUT2D eigenvalue weighted by atomic mass is 9.98. The van der Waals surface area contributed by atoms with E-state index in [1.165, 1.54) is 0 Å². The van der Waals surface area contributed by atoms with Gasteiger partial charge in [0.2, 0.25) is 0 Å². The molecule has 0 saturated carbocycles. The average Bonchev–Trinajstić information content (AvgIpc) is 2.27. The lowest BCUT2D eigenvalue weighted by molar-refractivity contribution is 0.470. The van der Waals surface area contributed by atoms with Crippen LogP contribution in [-0.4, -0.2) is 12.6 Å². The summed E-state index contributed by atoms with van der Waals surface area (Å²) in [6.07, 6.45) is 1.03. The largest absolute Gasteiger partial charge is 0.368 e. The van der Waals surface area contributed by atoms with Crippen molar-refractivity contribution in [3.63, 3.8) is 0 Å². The summed E-state index contributed by atoms with van der Waals surface area (Å²) in [6, 6.07) is 8.06. The fourth-order valence-electron chi connectivity index (χ4n) is 1.45. The predicted molar refractivity (Wildman–Crippen MR) is 71.6 cm³/mol. The molecule has 0 aliphatic heterocycles. The van der Waals surface area contributed by atoms with Gasteiger partial charge in [0.1, 0.15) is 6.07 Å². The Labute approximate surface area is 106 Å². The lowest BCUT2D eigenvalue weighted by Crippen LogP contribution is -2.40. The molecule has 0 fully saturated rings. The third-order valence-corrected chi connectivity index (χ3v) is 3.71. The number of halogens is 1. The maximum atomic E-state index is 9.13. The minimum atomic E-state index is 0.0550. The van der Waals surface area contributed by atoms with Crippen LogP contribution in [0.2, 0.25) is 0 Å². The summed E-state index contributed by atoms with van der Waals surface area (Å²) in [5.74, 6) is 0. The quantitative estimate of drug-likeness (QED) is 0.839. The van der Waals surface area contributed by atoms with Crippen molar-refractivity contribution in [2.24, 2.45) is 0 Å². The van der Waals surface area contributed by atoms with Gasteiger partial charge in [0.25, 0.3) is 0 Å². The van der Waals surface area contributed by atoms with E-state index in [1.54, 1.807) is 0 Å². The topological polar surface area (TPSA) is 27.0 Å². The molecule has 1 aromatic rings. The van der Waals surface area contributed by atoms with Gasteiger partial charge in [-0.25, -0.2) is 0 Å². The van der Waals surface area contributed by atoms with E-state index in [9.17, 15) is 0 Å². The van der Waals surface area contributed by atoms with Crippen LogP contribution in [0.15, 0.2) is 22.7 Å². The van der Waals surface area contributed by atoms with E-state index in [0.717, 1.165) is 16.6 Å². The molecule has 0 heterocycles. The van der Waals surface area contributed by atoms with Crippen LogP contribution >= 0.6 is 15.9 Å². The number of benzene rings is 1. The first-order valence-electron chi connectivity index (χ1n) is 5.36. The molecule has 2 nitrogen and oxygen atoms in total. The van der Waals surface area contributed by atoms with Gasteiger partial charge in [-0.2, -0.15) is 5.26 Å². The fourth-order valence-corrected chi connectivity index (χ4v) is 1.81. The van der Waals surface area contributed by atoms with Crippen molar-refractivity contribution in [3.05, 3.63) is 28.2 Å². The summed E-state index contributed by atoms with van der Waals surface area (Å²) in [4.78, 5) is 2.16. The first kappa shape index (κ1) is 13.1. The van der Waals surface area contributed by atoms with Crippen LogP contribution in [0.1, 0.15) is 32.8 Å². The second kappa shape index (κ2) is 4.88. The number of hydrogen-bond donors (Lipinski definition) is 0. The average molecular weight is 281 g/mol. The smallest absolute Gasteiger partial charge is 0.101 e. The van der Waals surface area contributed by atoms with Crippen LogP contribution < -0.4 is 4.90 Å². The van der Waals surface area contributed by atoms with Crippen molar-refractivity contribution < 1.29 is 0 Å². The van der Waals surface area contributed by atoms with Gasteiger partial charge in [-0.05, 0) is 38.5 Å². The first-order valence-corrected chi connectivity index (χ1v) is 6.15. The Morgan fingerprint density at radius 3 is 2.56 bits per heavy atom. The SMILES string of the molecule is CCC(C)(C)N(C)c1ccc(Br)cc1C#N. The number of anilines is 1. The molecule has 3 heteroatoms. The zero-order valence-electron chi connectivity index (χ0n) is 10.2. The Morgan fingerprint density at radius 1 is 1.44 bits per heavy atom. The zero-order chi connectivity index (χ0) is 12.3. The standard InChI is InChI=1S/C13H17BrN2/c1-5-13(2,3)16(4)12-7-6-11(14)8-10(12)9-15/h6-8H,5H2,1-4H3. The molecule has 1 aromatic carbocycles. The van der Waals surface area contributed by atoms with Crippen molar-refractivity contribution in [2.45, 2.75) is 32.7 Å². The first-order chi connectivity index (χ1) is 7.42. The van der Waals surface area contributed by atoms with E-state index in [0.29, 0.717) is 5.56 Å². The molecule has 0 aliphatic carbocycles. The predicted octanol–water partition coefficient (Wildman–Crippen LogP) is 3.95. The second-order valence-electron chi connectivity index (χ2n) is 4.50. The number of nitriles is 1. The van der Waals surface area contributed by atoms with Gasteiger partial charge < -0.3 is 4.90 Å². The molecular formula is C13H17BrN2. The summed E-state index contributed by atoms with van der Waals surface area (Å²) >= 11 is 3.38. The van der Waals surface area contributed by atoms with Crippen LogP contribution in [0.3, 0.4) is 0 Å². The Hall–Kier alpha value is -1.01. The third-order valence-electron chi connectivity index (χ3n) is 3.21. The van der Waals surface area contributed by atoms with Crippen molar-refractivity contribution in [1.29, 1.82) is 5.26 Å². The van der Waals surface area contributed by atoms with E-state index >= 15 is 0 Å². The van der Waals surface area contributed by atoms with Gasteiger partial charge in [0, 0.05) is 17.1 Å². The van der Waals surface area contributed by atoms with Crippen molar-refractivity contribution in [3.8, 4) is 6.07 Å². The normalized spacial score (nSPS) is 11.0. The highest BCUT2D eigenvalue weighted by molar-refractivity contribution is 9.10. The highest BCUT2D eigenvalue weighted by Crippen LogP contribution is 2.29. The molecule has 0 unspecified atom stereocenters. The molecule has 0 spiro atoms.